The zero-order valence-corrected chi connectivity index (χ0v) is 14.7. The molecule has 0 spiro atoms. The molecule has 2 fully saturated rings. The topological polar surface area (TPSA) is 73.5 Å². The summed E-state index contributed by atoms with van der Waals surface area (Å²) in [6.45, 7) is 8.30. The van der Waals surface area contributed by atoms with Crippen molar-refractivity contribution in [3.8, 4) is 0 Å². The SMILES string of the molecule is C[C@H](CNC(=O)N1CCCC[C@H]1c1cn[nH]c1)N1CCOC[C@H]1C. The van der Waals surface area contributed by atoms with Crippen molar-refractivity contribution in [3.63, 3.8) is 0 Å². The number of piperidine rings is 1. The highest BCUT2D eigenvalue weighted by molar-refractivity contribution is 5.74. The minimum Gasteiger partial charge on any atom is -0.379 e. The fraction of sp³-hybridized carbons (Fsp3) is 0.765. The van der Waals surface area contributed by atoms with Crippen molar-refractivity contribution in [1.29, 1.82) is 0 Å². The summed E-state index contributed by atoms with van der Waals surface area (Å²) in [6, 6.07) is 0.883. The summed E-state index contributed by atoms with van der Waals surface area (Å²) in [4.78, 5) is 17.1. The van der Waals surface area contributed by atoms with Gasteiger partial charge < -0.3 is 15.0 Å². The first-order valence-corrected chi connectivity index (χ1v) is 9.03. The fourth-order valence-electron chi connectivity index (χ4n) is 3.81. The van der Waals surface area contributed by atoms with Crippen LogP contribution in [0.1, 0.15) is 44.7 Å². The maximum absolute atomic E-state index is 12.7. The van der Waals surface area contributed by atoms with E-state index in [1.54, 1.807) is 0 Å². The molecule has 3 rings (SSSR count). The molecule has 1 aromatic rings. The molecule has 7 heteroatoms. The smallest absolute Gasteiger partial charge is 0.317 e. The van der Waals surface area contributed by atoms with Crippen LogP contribution < -0.4 is 5.32 Å². The predicted octanol–water partition coefficient (Wildman–Crippen LogP) is 1.76. The van der Waals surface area contributed by atoms with Gasteiger partial charge in [-0.05, 0) is 33.1 Å². The van der Waals surface area contributed by atoms with Crippen LogP contribution in [0.3, 0.4) is 0 Å². The summed E-state index contributed by atoms with van der Waals surface area (Å²) < 4.78 is 5.49. The second-order valence-electron chi connectivity index (χ2n) is 6.93. The van der Waals surface area contributed by atoms with Gasteiger partial charge >= 0.3 is 6.03 Å². The molecule has 134 valence electrons. The molecule has 0 aromatic carbocycles. The van der Waals surface area contributed by atoms with Crippen LogP contribution in [-0.4, -0.2) is 71.0 Å². The summed E-state index contributed by atoms with van der Waals surface area (Å²) in [5, 5.41) is 10.0. The van der Waals surface area contributed by atoms with Crippen molar-refractivity contribution in [2.24, 2.45) is 0 Å². The normalized spacial score (nSPS) is 27.0. The molecular formula is C17H29N5O2. The maximum Gasteiger partial charge on any atom is 0.317 e. The average molecular weight is 335 g/mol. The summed E-state index contributed by atoms with van der Waals surface area (Å²) in [5.41, 5.74) is 1.10. The number of ether oxygens (including phenoxy) is 1. The molecular weight excluding hydrogens is 306 g/mol. The molecule has 0 aliphatic carbocycles. The molecule has 3 heterocycles. The van der Waals surface area contributed by atoms with Gasteiger partial charge in [0.15, 0.2) is 0 Å². The van der Waals surface area contributed by atoms with Gasteiger partial charge in [-0.25, -0.2) is 4.79 Å². The Morgan fingerprint density at radius 2 is 2.38 bits per heavy atom. The van der Waals surface area contributed by atoms with Crippen molar-refractivity contribution >= 4 is 6.03 Å². The molecule has 7 nitrogen and oxygen atoms in total. The number of nitrogens with zero attached hydrogens (tertiary/aromatic N) is 3. The van der Waals surface area contributed by atoms with Crippen LogP contribution in [-0.2, 0) is 4.74 Å². The number of H-pyrrole nitrogens is 1. The van der Waals surface area contributed by atoms with Crippen molar-refractivity contribution in [3.05, 3.63) is 18.0 Å². The Bertz CT molecular complexity index is 521. The molecule has 0 saturated carbocycles. The van der Waals surface area contributed by atoms with Crippen LogP contribution in [0.15, 0.2) is 12.4 Å². The summed E-state index contributed by atoms with van der Waals surface area (Å²) >= 11 is 0. The van der Waals surface area contributed by atoms with E-state index in [9.17, 15) is 4.79 Å². The van der Waals surface area contributed by atoms with Crippen LogP contribution >= 0.6 is 0 Å². The number of carbonyl (C=O) groups excluding carboxylic acids is 1. The molecule has 0 radical (unpaired) electrons. The minimum absolute atomic E-state index is 0.0358. The van der Waals surface area contributed by atoms with Gasteiger partial charge in [0.25, 0.3) is 0 Å². The van der Waals surface area contributed by atoms with Crippen LogP contribution in [0.25, 0.3) is 0 Å². The number of amides is 2. The summed E-state index contributed by atoms with van der Waals surface area (Å²) in [6.07, 6.45) is 6.95. The predicted molar refractivity (Wildman–Crippen MR) is 91.7 cm³/mol. The van der Waals surface area contributed by atoms with Crippen LogP contribution in [0.5, 0.6) is 0 Å². The van der Waals surface area contributed by atoms with E-state index in [4.69, 9.17) is 4.74 Å². The summed E-state index contributed by atoms with van der Waals surface area (Å²) in [7, 11) is 0. The maximum atomic E-state index is 12.7. The lowest BCUT2D eigenvalue weighted by atomic mass is 9.98. The molecule has 1 aromatic heterocycles. The van der Waals surface area contributed by atoms with E-state index in [-0.39, 0.29) is 12.1 Å². The van der Waals surface area contributed by atoms with E-state index in [1.807, 2.05) is 17.3 Å². The quantitative estimate of drug-likeness (QED) is 0.879. The lowest BCUT2D eigenvalue weighted by molar-refractivity contribution is -0.0179. The zero-order valence-electron chi connectivity index (χ0n) is 14.7. The van der Waals surface area contributed by atoms with E-state index in [2.05, 4.69) is 34.3 Å². The monoisotopic (exact) mass is 335 g/mol. The van der Waals surface area contributed by atoms with Crippen molar-refractivity contribution in [2.75, 3.05) is 32.8 Å². The van der Waals surface area contributed by atoms with Crippen LogP contribution in [0, 0.1) is 0 Å². The lowest BCUT2D eigenvalue weighted by Gasteiger charge is -2.39. The Morgan fingerprint density at radius 3 is 3.12 bits per heavy atom. The van der Waals surface area contributed by atoms with Gasteiger partial charge in [0.1, 0.15) is 0 Å². The molecule has 2 aliphatic rings. The first-order chi connectivity index (χ1) is 11.7. The zero-order chi connectivity index (χ0) is 16.9. The first-order valence-electron chi connectivity index (χ1n) is 9.03. The third-order valence-corrected chi connectivity index (χ3v) is 5.20. The van der Waals surface area contributed by atoms with E-state index in [0.29, 0.717) is 18.6 Å². The molecule has 2 saturated heterocycles. The molecule has 3 atom stereocenters. The second-order valence-corrected chi connectivity index (χ2v) is 6.93. The number of hydrogen-bond donors (Lipinski definition) is 2. The number of aromatic nitrogens is 2. The van der Waals surface area contributed by atoms with Crippen molar-refractivity contribution < 1.29 is 9.53 Å². The fourth-order valence-corrected chi connectivity index (χ4v) is 3.81. The largest absolute Gasteiger partial charge is 0.379 e. The van der Waals surface area contributed by atoms with Gasteiger partial charge in [0.05, 0.1) is 25.5 Å². The van der Waals surface area contributed by atoms with Gasteiger partial charge in [0.2, 0.25) is 0 Å². The third-order valence-electron chi connectivity index (χ3n) is 5.20. The van der Waals surface area contributed by atoms with E-state index in [0.717, 1.165) is 51.1 Å². The third kappa shape index (κ3) is 3.89. The highest BCUT2D eigenvalue weighted by Gasteiger charge is 2.29. The number of carbonyl (C=O) groups is 1. The Morgan fingerprint density at radius 1 is 1.50 bits per heavy atom. The standard InChI is InChI=1S/C17H29N5O2/c1-13(21-7-8-24-12-14(21)2)9-18-17(23)22-6-4-3-5-16(22)15-10-19-20-11-15/h10-11,13-14,16H,3-9,12H2,1-2H3,(H,18,23)(H,19,20)/t13-,14-,16+/m1/s1. The van der Waals surface area contributed by atoms with Gasteiger partial charge in [-0.3, -0.25) is 10.00 Å². The minimum atomic E-state index is 0.0358. The Hall–Kier alpha value is -1.60. The van der Waals surface area contributed by atoms with E-state index < -0.39 is 0 Å². The number of aromatic amines is 1. The van der Waals surface area contributed by atoms with Gasteiger partial charge in [-0.1, -0.05) is 0 Å². The molecule has 24 heavy (non-hydrogen) atoms. The van der Waals surface area contributed by atoms with Crippen molar-refractivity contribution in [2.45, 2.75) is 51.2 Å². The number of morpholine rings is 1. The number of urea groups is 1. The van der Waals surface area contributed by atoms with E-state index >= 15 is 0 Å². The Balaban J connectivity index is 1.55. The number of nitrogens with one attached hydrogen (secondary N) is 2. The highest BCUT2D eigenvalue weighted by Crippen LogP contribution is 2.30. The van der Waals surface area contributed by atoms with Crippen LogP contribution in [0.2, 0.25) is 0 Å². The highest BCUT2D eigenvalue weighted by atomic mass is 16.5. The average Bonchev–Trinajstić information content (AvgIpc) is 3.14. The van der Waals surface area contributed by atoms with Gasteiger partial charge in [-0.2, -0.15) is 5.10 Å². The number of rotatable bonds is 4. The molecule has 0 bridgehead atoms. The Labute approximate surface area is 143 Å². The molecule has 2 N–H and O–H groups in total. The van der Waals surface area contributed by atoms with Crippen LogP contribution in [0.4, 0.5) is 4.79 Å². The van der Waals surface area contributed by atoms with Crippen molar-refractivity contribution in [1.82, 2.24) is 25.3 Å². The van der Waals surface area contributed by atoms with Gasteiger partial charge in [0, 0.05) is 43.5 Å². The number of hydrogen-bond acceptors (Lipinski definition) is 4. The van der Waals surface area contributed by atoms with Gasteiger partial charge in [-0.15, -0.1) is 0 Å². The lowest BCUT2D eigenvalue weighted by Crippen LogP contribution is -2.53. The summed E-state index contributed by atoms with van der Waals surface area (Å²) in [5.74, 6) is 0. The number of likely N-dealkylation sites (tertiary alicyclic amines) is 1. The van der Waals surface area contributed by atoms with E-state index in [1.165, 1.54) is 0 Å². The molecule has 2 amide bonds. The first kappa shape index (κ1) is 17.2. The molecule has 2 aliphatic heterocycles. The molecule has 0 unspecified atom stereocenters. The Kier molecular flexibility index (Phi) is 5.73. The second kappa shape index (κ2) is 7.98.